The Bertz CT molecular complexity index is 1150. The van der Waals surface area contributed by atoms with Crippen LogP contribution in [0.4, 0.5) is 0 Å². The van der Waals surface area contributed by atoms with Crippen molar-refractivity contribution < 1.29 is 14.0 Å². The lowest BCUT2D eigenvalue weighted by Gasteiger charge is -2.18. The highest BCUT2D eigenvalue weighted by molar-refractivity contribution is 5.99. The minimum absolute atomic E-state index is 0.0495. The van der Waals surface area contributed by atoms with Crippen LogP contribution in [0.15, 0.2) is 45.8 Å². The van der Waals surface area contributed by atoms with Gasteiger partial charge >= 0.3 is 0 Å². The minimum Gasteiger partial charge on any atom is -0.467 e. The first kappa shape index (κ1) is 20.8. The zero-order valence-corrected chi connectivity index (χ0v) is 17.6. The third-order valence-corrected chi connectivity index (χ3v) is 5.58. The Morgan fingerprint density at radius 3 is 2.84 bits per heavy atom. The van der Waals surface area contributed by atoms with Crippen molar-refractivity contribution in [3.8, 4) is 0 Å². The second kappa shape index (κ2) is 9.16. The predicted molar refractivity (Wildman–Crippen MR) is 116 cm³/mol. The largest absolute Gasteiger partial charge is 0.467 e. The molecular formula is C23H26N4O4. The van der Waals surface area contributed by atoms with Crippen molar-refractivity contribution in [2.24, 2.45) is 0 Å². The number of amides is 2. The molecule has 4 rings (SSSR count). The number of aryl methyl sites for hydroxylation is 1. The highest BCUT2D eigenvalue weighted by Crippen LogP contribution is 2.17. The van der Waals surface area contributed by atoms with Gasteiger partial charge in [-0.05, 0) is 43.2 Å². The van der Waals surface area contributed by atoms with Gasteiger partial charge in [0.1, 0.15) is 11.6 Å². The number of hydrogen-bond donors (Lipinski definition) is 1. The van der Waals surface area contributed by atoms with Crippen LogP contribution in [-0.4, -0.2) is 39.9 Å². The molecule has 8 nitrogen and oxygen atoms in total. The summed E-state index contributed by atoms with van der Waals surface area (Å²) >= 11 is 0. The van der Waals surface area contributed by atoms with Crippen LogP contribution in [0.2, 0.25) is 0 Å². The minimum atomic E-state index is -0.302. The number of nitrogens with zero attached hydrogens (tertiary/aromatic N) is 3. The Kier molecular flexibility index (Phi) is 6.16. The van der Waals surface area contributed by atoms with Crippen LogP contribution in [0.1, 0.15) is 47.6 Å². The lowest BCUT2D eigenvalue weighted by molar-refractivity contribution is -0.121. The predicted octanol–water partition coefficient (Wildman–Crippen LogP) is 2.49. The molecule has 3 aromatic rings. The van der Waals surface area contributed by atoms with Gasteiger partial charge in [-0.1, -0.05) is 12.8 Å². The number of hydrogen-bond acceptors (Lipinski definition) is 5. The summed E-state index contributed by atoms with van der Waals surface area (Å²) in [6.45, 7) is 0.869. The maximum atomic E-state index is 12.9. The van der Waals surface area contributed by atoms with Gasteiger partial charge in [0.15, 0.2) is 0 Å². The molecule has 0 aliphatic carbocycles. The second-order valence-electron chi connectivity index (χ2n) is 7.90. The molecule has 3 heterocycles. The average Bonchev–Trinajstić information content (AvgIpc) is 3.26. The van der Waals surface area contributed by atoms with E-state index >= 15 is 0 Å². The molecule has 0 fully saturated rings. The van der Waals surface area contributed by atoms with E-state index in [-0.39, 0.29) is 30.5 Å². The summed E-state index contributed by atoms with van der Waals surface area (Å²) in [4.78, 5) is 44.0. The lowest BCUT2D eigenvalue weighted by Crippen LogP contribution is -2.38. The van der Waals surface area contributed by atoms with Crippen molar-refractivity contribution in [1.29, 1.82) is 0 Å². The number of furan rings is 1. The number of nitrogens with one attached hydrogen (secondary N) is 1. The highest BCUT2D eigenvalue weighted by atomic mass is 16.3. The fraction of sp³-hybridized carbons (Fsp3) is 0.391. The summed E-state index contributed by atoms with van der Waals surface area (Å²) in [5, 5.41) is 3.24. The fourth-order valence-corrected chi connectivity index (χ4v) is 3.89. The van der Waals surface area contributed by atoms with E-state index in [1.165, 1.54) is 11.2 Å². The number of fused-ring (bicyclic) bond motifs is 2. The number of aromatic nitrogens is 2. The van der Waals surface area contributed by atoms with Gasteiger partial charge in [0.05, 0.1) is 30.3 Å². The van der Waals surface area contributed by atoms with E-state index in [1.54, 1.807) is 41.9 Å². The Balaban J connectivity index is 1.50. The summed E-state index contributed by atoms with van der Waals surface area (Å²) in [5.41, 5.74) is 0.876. The van der Waals surface area contributed by atoms with Crippen molar-refractivity contribution in [2.75, 3.05) is 13.6 Å². The molecule has 1 aromatic carbocycles. The normalized spacial score (nSPS) is 13.8. The van der Waals surface area contributed by atoms with Gasteiger partial charge in [-0.3, -0.25) is 19.0 Å². The maximum absolute atomic E-state index is 12.9. The molecule has 0 unspecified atom stereocenters. The van der Waals surface area contributed by atoms with Gasteiger partial charge < -0.3 is 14.6 Å². The van der Waals surface area contributed by atoms with Crippen LogP contribution in [0.3, 0.4) is 0 Å². The monoisotopic (exact) mass is 422 g/mol. The van der Waals surface area contributed by atoms with Crippen LogP contribution >= 0.6 is 0 Å². The number of benzene rings is 1. The molecule has 0 spiro atoms. The van der Waals surface area contributed by atoms with E-state index in [0.29, 0.717) is 28.8 Å². The maximum Gasteiger partial charge on any atom is 0.261 e. The summed E-state index contributed by atoms with van der Waals surface area (Å²) < 4.78 is 6.96. The number of likely N-dealkylation sites (N-methyl/N-ethyl adjacent to an activating group) is 1. The van der Waals surface area contributed by atoms with Crippen LogP contribution in [-0.2, 0) is 24.3 Å². The molecular weight excluding hydrogens is 396 g/mol. The SMILES string of the molecule is CN(CC(=O)NCc1ccco1)C(=O)c1ccc2c(=O)n3c(nc2c1)CCCCCC3. The smallest absolute Gasteiger partial charge is 0.261 e. The summed E-state index contributed by atoms with van der Waals surface area (Å²) in [5.74, 6) is 0.839. The van der Waals surface area contributed by atoms with Crippen LogP contribution in [0.25, 0.3) is 10.9 Å². The third kappa shape index (κ3) is 4.68. The molecule has 0 bridgehead atoms. The molecule has 0 radical (unpaired) electrons. The van der Waals surface area contributed by atoms with Crippen molar-refractivity contribution in [3.05, 3.63) is 64.1 Å². The molecule has 8 heteroatoms. The van der Waals surface area contributed by atoms with Crippen molar-refractivity contribution in [2.45, 2.75) is 45.2 Å². The molecule has 31 heavy (non-hydrogen) atoms. The van der Waals surface area contributed by atoms with Crippen molar-refractivity contribution in [3.63, 3.8) is 0 Å². The van der Waals surface area contributed by atoms with Gasteiger partial charge in [0.25, 0.3) is 11.5 Å². The van der Waals surface area contributed by atoms with E-state index in [1.807, 2.05) is 0 Å². The molecule has 2 amide bonds. The van der Waals surface area contributed by atoms with Gasteiger partial charge in [0, 0.05) is 25.6 Å². The van der Waals surface area contributed by atoms with Gasteiger partial charge in [-0.2, -0.15) is 0 Å². The first-order chi connectivity index (χ1) is 15.0. The number of carbonyl (C=O) groups excluding carboxylic acids is 2. The zero-order valence-electron chi connectivity index (χ0n) is 17.6. The Hall–Kier alpha value is -3.42. The van der Waals surface area contributed by atoms with Gasteiger partial charge in [-0.25, -0.2) is 4.98 Å². The summed E-state index contributed by atoms with van der Waals surface area (Å²) in [6, 6.07) is 8.45. The molecule has 0 saturated heterocycles. The van der Waals surface area contributed by atoms with Gasteiger partial charge in [0.2, 0.25) is 5.91 Å². The molecule has 1 aliphatic rings. The molecule has 2 aromatic heterocycles. The first-order valence-electron chi connectivity index (χ1n) is 10.6. The number of rotatable bonds is 5. The topological polar surface area (TPSA) is 97.4 Å². The molecule has 1 N–H and O–H groups in total. The Morgan fingerprint density at radius 1 is 1.19 bits per heavy atom. The average molecular weight is 422 g/mol. The van der Waals surface area contributed by atoms with Gasteiger partial charge in [-0.15, -0.1) is 0 Å². The van der Waals surface area contributed by atoms with Crippen molar-refractivity contribution >= 4 is 22.7 Å². The number of carbonyl (C=O) groups is 2. The van der Waals surface area contributed by atoms with Crippen LogP contribution in [0, 0.1) is 0 Å². The van der Waals surface area contributed by atoms with E-state index < -0.39 is 0 Å². The molecule has 162 valence electrons. The summed E-state index contributed by atoms with van der Waals surface area (Å²) in [6.07, 6.45) is 6.55. The molecule has 1 aliphatic heterocycles. The van der Waals surface area contributed by atoms with Crippen molar-refractivity contribution in [1.82, 2.24) is 19.8 Å². The molecule has 0 saturated carbocycles. The first-order valence-corrected chi connectivity index (χ1v) is 10.6. The summed E-state index contributed by atoms with van der Waals surface area (Å²) in [7, 11) is 1.57. The molecule has 0 atom stereocenters. The third-order valence-electron chi connectivity index (χ3n) is 5.58. The Labute approximate surface area is 179 Å². The lowest BCUT2D eigenvalue weighted by atomic mass is 10.1. The van der Waals surface area contributed by atoms with Crippen LogP contribution < -0.4 is 10.9 Å². The second-order valence-corrected chi connectivity index (χ2v) is 7.90. The standard InChI is InChI=1S/C23H26N4O4/c1-26(15-21(28)24-14-17-7-6-12-31-17)22(29)16-9-10-18-19(13-16)25-20-8-4-2-3-5-11-27(20)23(18)30/h6-7,9-10,12-13H,2-5,8,11,14-15H2,1H3,(H,24,28). The van der Waals surface area contributed by atoms with E-state index in [4.69, 9.17) is 9.40 Å². The highest BCUT2D eigenvalue weighted by Gasteiger charge is 2.18. The van der Waals surface area contributed by atoms with Crippen LogP contribution in [0.5, 0.6) is 0 Å². The van der Waals surface area contributed by atoms with E-state index in [0.717, 1.165) is 37.9 Å². The Morgan fingerprint density at radius 2 is 2.03 bits per heavy atom. The zero-order chi connectivity index (χ0) is 21.8. The quantitative estimate of drug-likeness (QED) is 0.681. The van der Waals surface area contributed by atoms with E-state index in [9.17, 15) is 14.4 Å². The van der Waals surface area contributed by atoms with E-state index in [2.05, 4.69) is 5.32 Å². The fourth-order valence-electron chi connectivity index (χ4n) is 3.89.